The van der Waals surface area contributed by atoms with Crippen molar-refractivity contribution in [2.24, 2.45) is 10.8 Å². The molecular weight excluding hydrogens is 254 g/mol. The van der Waals surface area contributed by atoms with Crippen molar-refractivity contribution in [3.05, 3.63) is 20.3 Å². The van der Waals surface area contributed by atoms with Crippen LogP contribution in [0, 0.1) is 6.92 Å². The van der Waals surface area contributed by atoms with Crippen molar-refractivity contribution in [3.63, 3.8) is 0 Å². The number of nitrogens with zero attached hydrogens (tertiary/aromatic N) is 1. The third-order valence-electron chi connectivity index (χ3n) is 1.37. The molecule has 0 atom stereocenters. The lowest BCUT2D eigenvalue weighted by molar-refractivity contribution is 0.249. The monoisotopic (exact) mass is 261 g/mol. The molecule has 4 nitrogen and oxygen atoms in total. The van der Waals surface area contributed by atoms with Crippen LogP contribution in [0.2, 0.25) is 0 Å². The van der Waals surface area contributed by atoms with E-state index in [0.29, 0.717) is 0 Å². The number of nitrogens with two attached hydrogens (primary N) is 1. The maximum absolute atomic E-state index is 10.3. The van der Waals surface area contributed by atoms with E-state index < -0.39 is 6.03 Å². The van der Waals surface area contributed by atoms with Crippen LogP contribution in [-0.2, 0) is 0 Å². The average Bonchev–Trinajstić information content (AvgIpc) is 2.35. The normalized spacial score (nSPS) is 10.6. The van der Waals surface area contributed by atoms with E-state index in [1.54, 1.807) is 6.21 Å². The molecule has 0 aliphatic heterocycles. The molecule has 0 saturated carbocycles. The molecule has 0 fully saturated rings. The summed E-state index contributed by atoms with van der Waals surface area (Å²) in [5.74, 6) is 0. The highest BCUT2D eigenvalue weighted by Gasteiger charge is 2.01. The molecule has 13 heavy (non-hydrogen) atoms. The fraction of sp³-hybridized carbons (Fsp3) is 0.143. The molecule has 0 aliphatic rings. The molecule has 1 aromatic heterocycles. The molecule has 1 aromatic rings. The third kappa shape index (κ3) is 2.82. The first-order valence-electron chi connectivity index (χ1n) is 3.43. The first-order chi connectivity index (χ1) is 6.11. The maximum Gasteiger partial charge on any atom is 0.332 e. The fourth-order valence-corrected chi connectivity index (χ4v) is 2.12. The maximum atomic E-state index is 10.3. The van der Waals surface area contributed by atoms with Gasteiger partial charge in [0.25, 0.3) is 0 Å². The van der Waals surface area contributed by atoms with Crippen LogP contribution in [0.4, 0.5) is 4.79 Å². The van der Waals surface area contributed by atoms with Crippen LogP contribution in [0.3, 0.4) is 0 Å². The van der Waals surface area contributed by atoms with Gasteiger partial charge in [0.2, 0.25) is 0 Å². The van der Waals surface area contributed by atoms with Crippen LogP contribution < -0.4 is 11.2 Å². The van der Waals surface area contributed by atoms with Gasteiger partial charge in [-0.05, 0) is 28.4 Å². The summed E-state index contributed by atoms with van der Waals surface area (Å²) in [6, 6.07) is -0.662. The topological polar surface area (TPSA) is 67.5 Å². The summed E-state index contributed by atoms with van der Waals surface area (Å²) in [5, 5.41) is 5.61. The quantitative estimate of drug-likeness (QED) is 0.619. The zero-order valence-electron chi connectivity index (χ0n) is 6.87. The highest BCUT2D eigenvalue weighted by molar-refractivity contribution is 9.10. The Bertz CT molecular complexity index is 348. The Morgan fingerprint density at radius 2 is 2.54 bits per heavy atom. The van der Waals surface area contributed by atoms with E-state index in [9.17, 15) is 4.79 Å². The van der Waals surface area contributed by atoms with Gasteiger partial charge in [-0.15, -0.1) is 11.3 Å². The molecule has 0 aromatic carbocycles. The van der Waals surface area contributed by atoms with Gasteiger partial charge in [-0.3, -0.25) is 0 Å². The van der Waals surface area contributed by atoms with E-state index in [2.05, 4.69) is 26.5 Å². The van der Waals surface area contributed by atoms with Gasteiger partial charge in [-0.2, -0.15) is 5.10 Å². The standard InChI is InChI=1S/C7H8BrN3OS/c1-4-5(8)3-13-6(4)2-10-11-7(9)12/h2-3H,1H3,(H3,9,11,12)/b10-2+. The molecular formula is C7H8BrN3OS. The second-order valence-electron chi connectivity index (χ2n) is 2.31. The summed E-state index contributed by atoms with van der Waals surface area (Å²) in [7, 11) is 0. The van der Waals surface area contributed by atoms with Crippen LogP contribution >= 0.6 is 27.3 Å². The lowest BCUT2D eigenvalue weighted by atomic mass is 10.3. The van der Waals surface area contributed by atoms with Gasteiger partial charge in [0, 0.05) is 9.85 Å². The average molecular weight is 262 g/mol. The van der Waals surface area contributed by atoms with Gasteiger partial charge < -0.3 is 5.73 Å². The molecule has 0 radical (unpaired) electrons. The van der Waals surface area contributed by atoms with Crippen molar-refractivity contribution in [2.45, 2.75) is 6.92 Å². The van der Waals surface area contributed by atoms with E-state index in [0.717, 1.165) is 14.9 Å². The second kappa shape index (κ2) is 4.38. The molecule has 0 spiro atoms. The van der Waals surface area contributed by atoms with E-state index >= 15 is 0 Å². The minimum atomic E-state index is -0.662. The van der Waals surface area contributed by atoms with E-state index in [1.807, 2.05) is 12.3 Å². The molecule has 0 saturated heterocycles. The zero-order valence-corrected chi connectivity index (χ0v) is 9.28. The molecule has 0 aliphatic carbocycles. The second-order valence-corrected chi connectivity index (χ2v) is 4.07. The van der Waals surface area contributed by atoms with Crippen LogP contribution in [0.15, 0.2) is 15.0 Å². The minimum absolute atomic E-state index is 0.662. The Kier molecular flexibility index (Phi) is 3.44. The Labute approximate surface area is 88.0 Å². The number of carbonyl (C=O) groups is 1. The highest BCUT2D eigenvalue weighted by Crippen LogP contribution is 2.24. The van der Waals surface area contributed by atoms with Crippen molar-refractivity contribution in [1.82, 2.24) is 5.43 Å². The number of primary amides is 1. The van der Waals surface area contributed by atoms with Crippen LogP contribution in [0.25, 0.3) is 0 Å². The highest BCUT2D eigenvalue weighted by atomic mass is 79.9. The number of rotatable bonds is 2. The number of carbonyl (C=O) groups excluding carboxylic acids is 1. The molecule has 0 unspecified atom stereocenters. The number of amides is 2. The van der Waals surface area contributed by atoms with E-state index in [-0.39, 0.29) is 0 Å². The predicted molar refractivity (Wildman–Crippen MR) is 57.1 cm³/mol. The minimum Gasteiger partial charge on any atom is -0.350 e. The number of thiophene rings is 1. The smallest absolute Gasteiger partial charge is 0.332 e. The molecule has 0 bridgehead atoms. The van der Waals surface area contributed by atoms with Crippen molar-refractivity contribution >= 4 is 39.5 Å². The number of nitrogens with one attached hydrogen (secondary N) is 1. The summed E-state index contributed by atoms with van der Waals surface area (Å²) in [4.78, 5) is 11.3. The van der Waals surface area contributed by atoms with Crippen LogP contribution in [0.1, 0.15) is 10.4 Å². The van der Waals surface area contributed by atoms with Crippen molar-refractivity contribution in [3.8, 4) is 0 Å². The van der Waals surface area contributed by atoms with Gasteiger partial charge in [0.05, 0.1) is 11.1 Å². The molecule has 1 heterocycles. The predicted octanol–water partition coefficient (Wildman–Crippen LogP) is 1.82. The summed E-state index contributed by atoms with van der Waals surface area (Å²) in [6.45, 7) is 1.96. The van der Waals surface area contributed by atoms with Crippen molar-refractivity contribution in [1.29, 1.82) is 0 Å². The third-order valence-corrected chi connectivity index (χ3v) is 3.52. The van der Waals surface area contributed by atoms with Gasteiger partial charge in [-0.25, -0.2) is 10.2 Å². The largest absolute Gasteiger partial charge is 0.350 e. The fourth-order valence-electron chi connectivity index (χ4n) is 0.691. The van der Waals surface area contributed by atoms with Gasteiger partial charge in [0.1, 0.15) is 0 Å². The number of hydrogen-bond donors (Lipinski definition) is 2. The summed E-state index contributed by atoms with van der Waals surface area (Å²) in [5.41, 5.74) is 8.06. The Balaban J connectivity index is 2.69. The first kappa shape index (κ1) is 10.2. The first-order valence-corrected chi connectivity index (χ1v) is 5.10. The van der Waals surface area contributed by atoms with Crippen LogP contribution in [-0.4, -0.2) is 12.2 Å². The van der Waals surface area contributed by atoms with E-state index in [4.69, 9.17) is 5.73 Å². The Hall–Kier alpha value is -0.880. The lowest BCUT2D eigenvalue weighted by Crippen LogP contribution is -2.24. The number of hydrazone groups is 1. The molecule has 6 heteroatoms. The Morgan fingerprint density at radius 3 is 3.00 bits per heavy atom. The van der Waals surface area contributed by atoms with Crippen molar-refractivity contribution in [2.75, 3.05) is 0 Å². The van der Waals surface area contributed by atoms with Gasteiger partial charge >= 0.3 is 6.03 Å². The lowest BCUT2D eigenvalue weighted by Gasteiger charge is -1.91. The Morgan fingerprint density at radius 1 is 1.85 bits per heavy atom. The summed E-state index contributed by atoms with van der Waals surface area (Å²) < 4.78 is 1.04. The molecule has 3 N–H and O–H groups in total. The number of halogens is 1. The molecule has 70 valence electrons. The SMILES string of the molecule is Cc1c(Br)csc1/C=N/NC(N)=O. The van der Waals surface area contributed by atoms with Crippen LogP contribution in [0.5, 0.6) is 0 Å². The van der Waals surface area contributed by atoms with Gasteiger partial charge in [-0.1, -0.05) is 0 Å². The summed E-state index contributed by atoms with van der Waals surface area (Å²) >= 11 is 4.91. The molecule has 2 amide bonds. The zero-order chi connectivity index (χ0) is 9.84. The molecule has 1 rings (SSSR count). The van der Waals surface area contributed by atoms with E-state index in [1.165, 1.54) is 11.3 Å². The number of hydrogen-bond acceptors (Lipinski definition) is 3. The number of urea groups is 1. The summed E-state index contributed by atoms with van der Waals surface area (Å²) in [6.07, 6.45) is 1.56. The van der Waals surface area contributed by atoms with Gasteiger partial charge in [0.15, 0.2) is 0 Å². The van der Waals surface area contributed by atoms with Crippen molar-refractivity contribution < 1.29 is 4.79 Å².